The molecule has 2 amide bonds. The lowest BCUT2D eigenvalue weighted by molar-refractivity contribution is -0.385. The third kappa shape index (κ3) is 6.49. The summed E-state index contributed by atoms with van der Waals surface area (Å²) in [6.45, 7) is 0.0874. The highest BCUT2D eigenvalue weighted by Gasteiger charge is 2.25. The Hall–Kier alpha value is -4.03. The molecule has 12 heteroatoms. The van der Waals surface area contributed by atoms with Gasteiger partial charge >= 0.3 is 0 Å². The normalized spacial score (nSPS) is 10.4. The molecule has 0 atom stereocenters. The summed E-state index contributed by atoms with van der Waals surface area (Å²) in [7, 11) is 2.79. The van der Waals surface area contributed by atoms with Crippen LogP contribution in [0, 0.1) is 10.1 Å². The van der Waals surface area contributed by atoms with Gasteiger partial charge in [-0.3, -0.25) is 19.7 Å². The first-order valence-corrected chi connectivity index (χ1v) is 10.9. The molecule has 0 spiro atoms. The molecule has 2 aromatic carbocycles. The van der Waals surface area contributed by atoms with Crippen molar-refractivity contribution in [3.63, 3.8) is 0 Å². The second-order valence-corrected chi connectivity index (χ2v) is 7.63. The lowest BCUT2D eigenvalue weighted by atomic mass is 10.1. The maximum Gasteiger partial charge on any atom is 0.286 e. The third-order valence-corrected chi connectivity index (χ3v) is 5.16. The third-order valence-electron chi connectivity index (χ3n) is 4.52. The van der Waals surface area contributed by atoms with Crippen LogP contribution >= 0.6 is 11.3 Å². The summed E-state index contributed by atoms with van der Waals surface area (Å²) in [6.07, 6.45) is 0. The van der Waals surface area contributed by atoms with Gasteiger partial charge in [0.05, 0.1) is 29.3 Å². The average molecular weight is 487 g/mol. The van der Waals surface area contributed by atoms with Crippen LogP contribution in [0.15, 0.2) is 47.3 Å². The number of carbonyl (C=O) groups excluding carboxylic acids is 2. The second kappa shape index (κ2) is 11.7. The minimum Gasteiger partial charge on any atom is -0.493 e. The Labute approximate surface area is 198 Å². The van der Waals surface area contributed by atoms with Crippen LogP contribution in [0.1, 0.15) is 21.6 Å². The molecule has 11 nitrogen and oxygen atoms in total. The highest BCUT2D eigenvalue weighted by molar-refractivity contribution is 7.07. The number of benzene rings is 2. The van der Waals surface area contributed by atoms with Crippen LogP contribution in [-0.2, 0) is 22.7 Å². The standard InChI is InChI=1S/C22H22N4O7S/c1-31-11-21(27)25-15-5-3-4-14(6-15)9-23-22(28)17-7-19(32-2)20(8-18(17)26(29)30)33-10-16-12-34-13-24-16/h3-8,12-13H,9-11H2,1-2H3,(H,23,28)(H,25,27). The van der Waals surface area contributed by atoms with Gasteiger partial charge in [-0.2, -0.15) is 0 Å². The van der Waals surface area contributed by atoms with E-state index in [4.69, 9.17) is 14.2 Å². The maximum atomic E-state index is 12.8. The van der Waals surface area contributed by atoms with Crippen molar-refractivity contribution in [2.45, 2.75) is 13.2 Å². The van der Waals surface area contributed by atoms with Gasteiger partial charge in [-0.25, -0.2) is 4.98 Å². The van der Waals surface area contributed by atoms with Crippen molar-refractivity contribution in [3.8, 4) is 11.5 Å². The van der Waals surface area contributed by atoms with E-state index in [0.29, 0.717) is 16.9 Å². The number of thiazole rings is 1. The number of hydrogen-bond donors (Lipinski definition) is 2. The Balaban J connectivity index is 1.74. The van der Waals surface area contributed by atoms with E-state index in [2.05, 4.69) is 15.6 Å². The molecule has 0 bridgehead atoms. The first-order valence-electron chi connectivity index (χ1n) is 9.93. The Morgan fingerprint density at radius 3 is 2.68 bits per heavy atom. The molecule has 34 heavy (non-hydrogen) atoms. The van der Waals surface area contributed by atoms with Crippen molar-refractivity contribution >= 4 is 34.5 Å². The molecule has 3 aromatic rings. The van der Waals surface area contributed by atoms with Crippen molar-refractivity contribution in [1.29, 1.82) is 0 Å². The molecule has 0 aliphatic carbocycles. The van der Waals surface area contributed by atoms with Crippen molar-refractivity contribution in [2.24, 2.45) is 0 Å². The first kappa shape index (κ1) is 24.6. The SMILES string of the molecule is COCC(=O)Nc1cccc(CNC(=O)c2cc(OC)c(OCc3cscn3)cc2[N+](=O)[O-])c1. The summed E-state index contributed by atoms with van der Waals surface area (Å²) in [5, 5.41) is 18.8. The van der Waals surface area contributed by atoms with E-state index in [1.54, 1.807) is 35.2 Å². The quantitative estimate of drug-likeness (QED) is 0.311. The van der Waals surface area contributed by atoms with Crippen molar-refractivity contribution < 1.29 is 28.7 Å². The molecule has 1 heterocycles. The van der Waals surface area contributed by atoms with Crippen LogP contribution < -0.4 is 20.1 Å². The lowest BCUT2D eigenvalue weighted by Gasteiger charge is -2.13. The van der Waals surface area contributed by atoms with E-state index in [0.717, 1.165) is 6.07 Å². The van der Waals surface area contributed by atoms with Crippen LogP contribution in [0.25, 0.3) is 0 Å². The zero-order valence-corrected chi connectivity index (χ0v) is 19.2. The van der Waals surface area contributed by atoms with Crippen LogP contribution in [0.4, 0.5) is 11.4 Å². The van der Waals surface area contributed by atoms with Gasteiger partial charge in [-0.15, -0.1) is 11.3 Å². The number of aromatic nitrogens is 1. The molecule has 1 aromatic heterocycles. The summed E-state index contributed by atoms with van der Waals surface area (Å²) < 4.78 is 15.7. The van der Waals surface area contributed by atoms with E-state index >= 15 is 0 Å². The fraction of sp³-hybridized carbons (Fsp3) is 0.227. The van der Waals surface area contributed by atoms with Gasteiger partial charge in [0.15, 0.2) is 11.5 Å². The molecule has 0 fully saturated rings. The number of nitro groups is 1. The molecular formula is C22H22N4O7S. The number of nitrogens with zero attached hydrogens (tertiary/aromatic N) is 2. The molecule has 0 unspecified atom stereocenters. The second-order valence-electron chi connectivity index (χ2n) is 6.91. The van der Waals surface area contributed by atoms with Gasteiger partial charge in [0.2, 0.25) is 5.91 Å². The Bertz CT molecular complexity index is 1170. The van der Waals surface area contributed by atoms with Gasteiger partial charge in [0.25, 0.3) is 11.6 Å². The highest BCUT2D eigenvalue weighted by atomic mass is 32.1. The lowest BCUT2D eigenvalue weighted by Crippen LogP contribution is -2.24. The van der Waals surface area contributed by atoms with Gasteiger partial charge in [-0.05, 0) is 17.7 Å². The molecule has 2 N–H and O–H groups in total. The molecular weight excluding hydrogens is 464 g/mol. The molecule has 178 valence electrons. The fourth-order valence-electron chi connectivity index (χ4n) is 2.98. The van der Waals surface area contributed by atoms with E-state index in [1.165, 1.54) is 31.6 Å². The number of nitro benzene ring substituents is 1. The van der Waals surface area contributed by atoms with Crippen molar-refractivity contribution in [3.05, 3.63) is 74.2 Å². The largest absolute Gasteiger partial charge is 0.493 e. The maximum absolute atomic E-state index is 12.8. The first-order chi connectivity index (χ1) is 16.4. The van der Waals surface area contributed by atoms with E-state index in [9.17, 15) is 19.7 Å². The van der Waals surface area contributed by atoms with Crippen molar-refractivity contribution in [1.82, 2.24) is 10.3 Å². The van der Waals surface area contributed by atoms with Gasteiger partial charge in [-0.1, -0.05) is 12.1 Å². The average Bonchev–Trinajstić information content (AvgIpc) is 3.34. The minimum atomic E-state index is -0.662. The predicted molar refractivity (Wildman–Crippen MR) is 124 cm³/mol. The number of carbonyl (C=O) groups is 2. The van der Waals surface area contributed by atoms with Crippen LogP contribution in [0.3, 0.4) is 0 Å². The molecule has 3 rings (SSSR count). The van der Waals surface area contributed by atoms with E-state index < -0.39 is 16.5 Å². The highest BCUT2D eigenvalue weighted by Crippen LogP contribution is 2.35. The van der Waals surface area contributed by atoms with Crippen molar-refractivity contribution in [2.75, 3.05) is 26.1 Å². The molecule has 0 radical (unpaired) electrons. The number of nitrogens with one attached hydrogen (secondary N) is 2. The van der Waals surface area contributed by atoms with Gasteiger partial charge in [0.1, 0.15) is 18.8 Å². The number of methoxy groups -OCH3 is 2. The van der Waals surface area contributed by atoms with Crippen LogP contribution in [0.5, 0.6) is 11.5 Å². The van der Waals surface area contributed by atoms with Gasteiger partial charge < -0.3 is 24.8 Å². The molecule has 0 saturated heterocycles. The van der Waals surface area contributed by atoms with E-state index in [1.807, 2.05) is 0 Å². The minimum absolute atomic E-state index is 0.0777. The Morgan fingerprint density at radius 1 is 1.18 bits per heavy atom. The smallest absolute Gasteiger partial charge is 0.286 e. The Morgan fingerprint density at radius 2 is 2.00 bits per heavy atom. The van der Waals surface area contributed by atoms with Crippen LogP contribution in [0.2, 0.25) is 0 Å². The molecule has 0 aliphatic heterocycles. The summed E-state index contributed by atoms with van der Waals surface area (Å²) in [4.78, 5) is 39.6. The number of ether oxygens (including phenoxy) is 3. The fourth-order valence-corrected chi connectivity index (χ4v) is 3.52. The number of rotatable bonds is 11. The monoisotopic (exact) mass is 486 g/mol. The van der Waals surface area contributed by atoms with E-state index in [-0.39, 0.29) is 42.7 Å². The van der Waals surface area contributed by atoms with Gasteiger partial charge in [0, 0.05) is 30.8 Å². The predicted octanol–water partition coefficient (Wildman–Crippen LogP) is 3.15. The number of hydrogen-bond acceptors (Lipinski definition) is 9. The zero-order valence-electron chi connectivity index (χ0n) is 18.4. The summed E-state index contributed by atoms with van der Waals surface area (Å²) in [5.74, 6) is -0.680. The molecule has 0 aliphatic rings. The summed E-state index contributed by atoms with van der Waals surface area (Å²) in [5.41, 5.74) is 2.93. The summed E-state index contributed by atoms with van der Waals surface area (Å²) >= 11 is 1.40. The number of anilines is 1. The van der Waals surface area contributed by atoms with Crippen LogP contribution in [-0.4, -0.2) is 42.5 Å². The number of amides is 2. The summed E-state index contributed by atoms with van der Waals surface area (Å²) in [6, 6.07) is 9.26. The zero-order chi connectivity index (χ0) is 24.5. The topological polar surface area (TPSA) is 142 Å². The molecule has 0 saturated carbocycles. The Kier molecular flexibility index (Phi) is 8.48.